The summed E-state index contributed by atoms with van der Waals surface area (Å²) in [4.78, 5) is 25.1. The topological polar surface area (TPSA) is 96.4 Å². The number of H-pyrrole nitrogens is 1. The largest absolute Gasteiger partial charge is 0.504 e. The Balaban J connectivity index is 1.80. The van der Waals surface area contributed by atoms with Gasteiger partial charge in [0, 0.05) is 12.3 Å². The molecule has 0 unspecified atom stereocenters. The van der Waals surface area contributed by atoms with E-state index in [1.807, 2.05) is 4.68 Å². The number of fused-ring (bicyclic) bond motifs is 1. The molecule has 2 heterocycles. The Labute approximate surface area is 151 Å². The van der Waals surface area contributed by atoms with Gasteiger partial charge in [0.1, 0.15) is 5.82 Å². The summed E-state index contributed by atoms with van der Waals surface area (Å²) in [7, 11) is 1.48. The van der Waals surface area contributed by atoms with Crippen LogP contribution in [0, 0.1) is 0 Å². The van der Waals surface area contributed by atoms with E-state index >= 15 is 0 Å². The van der Waals surface area contributed by atoms with Gasteiger partial charge in [-0.15, -0.1) is 0 Å². The van der Waals surface area contributed by atoms with Crippen LogP contribution in [0.25, 0.3) is 0 Å². The van der Waals surface area contributed by atoms with Crippen molar-refractivity contribution in [3.63, 3.8) is 0 Å². The van der Waals surface area contributed by atoms with Crippen LogP contribution < -0.4 is 15.6 Å². The van der Waals surface area contributed by atoms with Gasteiger partial charge >= 0.3 is 0 Å². The summed E-state index contributed by atoms with van der Waals surface area (Å²) in [5.74, 6) is 0.485. The number of hydrogen-bond acceptors (Lipinski definition) is 4. The first-order valence-electron chi connectivity index (χ1n) is 9.09. The summed E-state index contributed by atoms with van der Waals surface area (Å²) >= 11 is 0. The maximum atomic E-state index is 12.7. The Kier molecular flexibility index (Phi) is 4.22. The molecular formula is C19H23N3O4. The maximum absolute atomic E-state index is 12.7. The predicted molar refractivity (Wildman–Crippen MR) is 96.9 cm³/mol. The molecule has 4 rings (SSSR count). The van der Waals surface area contributed by atoms with Crippen LogP contribution in [0.5, 0.6) is 11.5 Å². The van der Waals surface area contributed by atoms with Crippen LogP contribution in [0.2, 0.25) is 0 Å². The fraction of sp³-hybridized carbons (Fsp3) is 0.474. The van der Waals surface area contributed by atoms with E-state index in [4.69, 9.17) is 4.74 Å². The number of phenols is 1. The number of anilines is 1. The summed E-state index contributed by atoms with van der Waals surface area (Å²) in [5, 5.41) is 15.7. The van der Waals surface area contributed by atoms with E-state index in [9.17, 15) is 14.7 Å². The third-order valence-electron chi connectivity index (χ3n) is 5.50. The van der Waals surface area contributed by atoms with Gasteiger partial charge in [0.2, 0.25) is 5.91 Å². The number of phenolic OH excluding ortho intramolecular Hbond substituents is 1. The van der Waals surface area contributed by atoms with Crippen LogP contribution in [0.3, 0.4) is 0 Å². The van der Waals surface area contributed by atoms with Crippen molar-refractivity contribution in [2.24, 2.45) is 0 Å². The molecule has 1 aliphatic carbocycles. The number of aromatic amines is 1. The van der Waals surface area contributed by atoms with E-state index in [-0.39, 0.29) is 35.6 Å². The van der Waals surface area contributed by atoms with Crippen LogP contribution in [-0.4, -0.2) is 27.9 Å². The van der Waals surface area contributed by atoms with E-state index in [2.05, 4.69) is 10.4 Å². The zero-order valence-electron chi connectivity index (χ0n) is 14.7. The molecule has 7 nitrogen and oxygen atoms in total. The lowest BCUT2D eigenvalue weighted by Crippen LogP contribution is -2.27. The number of carbonyl (C=O) groups excluding carboxylic acids is 1. The number of amides is 1. The smallest absolute Gasteiger partial charge is 0.270 e. The zero-order valence-corrected chi connectivity index (χ0v) is 14.7. The number of methoxy groups -OCH3 is 1. The summed E-state index contributed by atoms with van der Waals surface area (Å²) in [5.41, 5.74) is 1.20. The van der Waals surface area contributed by atoms with E-state index in [0.29, 0.717) is 17.1 Å². The molecule has 1 aromatic carbocycles. The second-order valence-corrected chi connectivity index (χ2v) is 7.10. The quantitative estimate of drug-likeness (QED) is 0.787. The monoisotopic (exact) mass is 357 g/mol. The molecule has 1 fully saturated rings. The Morgan fingerprint density at radius 3 is 2.69 bits per heavy atom. The van der Waals surface area contributed by atoms with Gasteiger partial charge in [-0.05, 0) is 30.5 Å². The molecule has 7 heteroatoms. The Morgan fingerprint density at radius 1 is 1.19 bits per heavy atom. The van der Waals surface area contributed by atoms with Gasteiger partial charge < -0.3 is 15.2 Å². The van der Waals surface area contributed by atoms with Crippen LogP contribution in [-0.2, 0) is 4.79 Å². The molecule has 0 radical (unpaired) electrons. The average Bonchev–Trinajstić information content (AvgIpc) is 2.98. The minimum Gasteiger partial charge on any atom is -0.504 e. The third kappa shape index (κ3) is 2.77. The second-order valence-electron chi connectivity index (χ2n) is 7.10. The van der Waals surface area contributed by atoms with Gasteiger partial charge in [-0.2, -0.15) is 0 Å². The molecule has 1 aliphatic heterocycles. The molecule has 0 saturated heterocycles. The molecule has 0 spiro atoms. The lowest BCUT2D eigenvalue weighted by Gasteiger charge is -2.28. The number of hydrogen-bond donors (Lipinski definition) is 3. The van der Waals surface area contributed by atoms with Crippen molar-refractivity contribution in [1.82, 2.24) is 9.78 Å². The van der Waals surface area contributed by atoms with Crippen molar-refractivity contribution < 1.29 is 14.6 Å². The van der Waals surface area contributed by atoms with Crippen LogP contribution in [0.15, 0.2) is 23.0 Å². The lowest BCUT2D eigenvalue weighted by molar-refractivity contribution is -0.116. The molecule has 1 saturated carbocycles. The first kappa shape index (κ1) is 16.8. The first-order valence-corrected chi connectivity index (χ1v) is 9.09. The highest BCUT2D eigenvalue weighted by molar-refractivity contribution is 5.94. The summed E-state index contributed by atoms with van der Waals surface area (Å²) in [6.07, 6.45) is 5.68. The lowest BCUT2D eigenvalue weighted by atomic mass is 9.86. The second kappa shape index (κ2) is 6.55. The average molecular weight is 357 g/mol. The molecule has 26 heavy (non-hydrogen) atoms. The molecule has 0 bridgehead atoms. The van der Waals surface area contributed by atoms with Crippen LogP contribution >= 0.6 is 0 Å². The molecule has 1 aromatic heterocycles. The number of benzene rings is 1. The highest BCUT2D eigenvalue weighted by Crippen LogP contribution is 2.40. The predicted octanol–water partition coefficient (Wildman–Crippen LogP) is 2.87. The standard InChI is InChI=1S/C19H23N3O4/c1-26-15-9-11(7-8-14(15)23)13-10-16(24)20-18-17(13)19(25)21-22(18)12-5-3-2-4-6-12/h7-9,12-13,23H,2-6,10H2,1H3,(H,20,24)(H,21,25)/t13-/m1/s1. The number of nitrogens with zero attached hydrogens (tertiary/aromatic N) is 1. The minimum absolute atomic E-state index is 0.0328. The number of aromatic hydroxyl groups is 1. The number of aromatic nitrogens is 2. The summed E-state index contributed by atoms with van der Waals surface area (Å²) in [6.45, 7) is 0. The Hall–Kier alpha value is -2.70. The van der Waals surface area contributed by atoms with Gasteiger partial charge in [0.15, 0.2) is 11.5 Å². The molecule has 2 aromatic rings. The zero-order chi connectivity index (χ0) is 18.3. The highest BCUT2D eigenvalue weighted by Gasteiger charge is 2.34. The molecule has 2 aliphatic rings. The molecule has 3 N–H and O–H groups in total. The van der Waals surface area contributed by atoms with Crippen molar-refractivity contribution in [1.29, 1.82) is 0 Å². The van der Waals surface area contributed by atoms with E-state index in [1.54, 1.807) is 12.1 Å². The van der Waals surface area contributed by atoms with Gasteiger partial charge in [0.25, 0.3) is 5.56 Å². The van der Waals surface area contributed by atoms with Gasteiger partial charge in [-0.25, -0.2) is 0 Å². The highest BCUT2D eigenvalue weighted by atomic mass is 16.5. The van der Waals surface area contributed by atoms with Gasteiger partial charge in [-0.1, -0.05) is 25.3 Å². The van der Waals surface area contributed by atoms with Gasteiger partial charge in [0.05, 0.1) is 18.7 Å². The first-order chi connectivity index (χ1) is 12.6. The molecule has 1 amide bonds. The van der Waals surface area contributed by atoms with E-state index in [0.717, 1.165) is 31.2 Å². The molecular weight excluding hydrogens is 334 g/mol. The van der Waals surface area contributed by atoms with Gasteiger partial charge in [-0.3, -0.25) is 19.4 Å². The van der Waals surface area contributed by atoms with Crippen molar-refractivity contribution in [2.45, 2.75) is 50.5 Å². The van der Waals surface area contributed by atoms with E-state index in [1.165, 1.54) is 19.6 Å². The van der Waals surface area contributed by atoms with Crippen molar-refractivity contribution >= 4 is 11.7 Å². The Bertz CT molecular complexity index is 893. The van der Waals surface area contributed by atoms with Crippen molar-refractivity contribution in [2.75, 3.05) is 12.4 Å². The molecule has 138 valence electrons. The Morgan fingerprint density at radius 2 is 1.96 bits per heavy atom. The normalized spacial score (nSPS) is 20.5. The number of rotatable bonds is 3. The molecule has 1 atom stereocenters. The SMILES string of the molecule is COc1cc([C@H]2CC(=O)Nc3c2c(=O)[nH]n3C2CCCCC2)ccc1O. The minimum atomic E-state index is -0.359. The van der Waals surface area contributed by atoms with Crippen LogP contribution in [0.4, 0.5) is 5.82 Å². The fourth-order valence-electron chi connectivity index (χ4n) is 4.19. The van der Waals surface area contributed by atoms with Crippen molar-refractivity contribution in [3.05, 3.63) is 39.7 Å². The summed E-state index contributed by atoms with van der Waals surface area (Å²) < 4.78 is 7.04. The fourth-order valence-corrected chi connectivity index (χ4v) is 4.19. The van der Waals surface area contributed by atoms with Crippen molar-refractivity contribution in [3.8, 4) is 11.5 Å². The number of nitrogens with one attached hydrogen (secondary N) is 2. The number of carbonyl (C=O) groups is 1. The van der Waals surface area contributed by atoms with Crippen LogP contribution in [0.1, 0.15) is 61.6 Å². The third-order valence-corrected chi connectivity index (χ3v) is 5.50. The number of ether oxygens (including phenoxy) is 1. The maximum Gasteiger partial charge on any atom is 0.270 e. The van der Waals surface area contributed by atoms with E-state index < -0.39 is 0 Å². The summed E-state index contributed by atoms with van der Waals surface area (Å²) in [6, 6.07) is 5.18.